The molecule has 13 heavy (non-hydrogen) atoms. The van der Waals surface area contributed by atoms with E-state index in [4.69, 9.17) is 4.74 Å². The first-order chi connectivity index (χ1) is 5.97. The molecule has 0 aromatic carbocycles. The van der Waals surface area contributed by atoms with Gasteiger partial charge in [0, 0.05) is 18.8 Å². The SMILES string of the molecule is CCS(=O)(=O)NC1(C)CCOCC1. The molecule has 1 aliphatic rings. The predicted octanol–water partition coefficient (Wildman–Crippen LogP) is 0.495. The Morgan fingerprint density at radius 3 is 2.38 bits per heavy atom. The van der Waals surface area contributed by atoms with Gasteiger partial charge in [-0.25, -0.2) is 13.1 Å². The Kier molecular flexibility index (Phi) is 3.32. The summed E-state index contributed by atoms with van der Waals surface area (Å²) in [5, 5.41) is 0. The van der Waals surface area contributed by atoms with Gasteiger partial charge in [-0.1, -0.05) is 0 Å². The van der Waals surface area contributed by atoms with E-state index in [2.05, 4.69) is 4.72 Å². The van der Waals surface area contributed by atoms with Gasteiger partial charge in [0.05, 0.1) is 5.75 Å². The monoisotopic (exact) mass is 207 g/mol. The molecule has 1 fully saturated rings. The molecule has 78 valence electrons. The van der Waals surface area contributed by atoms with Gasteiger partial charge in [0.2, 0.25) is 10.0 Å². The van der Waals surface area contributed by atoms with E-state index in [0.29, 0.717) is 13.2 Å². The zero-order chi connectivity index (χ0) is 9.95. The number of hydrogen-bond donors (Lipinski definition) is 1. The van der Waals surface area contributed by atoms with Gasteiger partial charge in [0.15, 0.2) is 0 Å². The maximum absolute atomic E-state index is 11.3. The lowest BCUT2D eigenvalue weighted by Crippen LogP contribution is -2.49. The molecule has 1 heterocycles. The highest BCUT2D eigenvalue weighted by Crippen LogP contribution is 2.20. The molecular formula is C8H17NO3S. The van der Waals surface area contributed by atoms with E-state index in [0.717, 1.165) is 12.8 Å². The topological polar surface area (TPSA) is 55.4 Å². The van der Waals surface area contributed by atoms with Crippen LogP contribution in [0.15, 0.2) is 0 Å². The van der Waals surface area contributed by atoms with Gasteiger partial charge in [0.1, 0.15) is 0 Å². The highest BCUT2D eigenvalue weighted by molar-refractivity contribution is 7.89. The van der Waals surface area contributed by atoms with Crippen LogP contribution in [-0.4, -0.2) is 32.9 Å². The van der Waals surface area contributed by atoms with Gasteiger partial charge in [-0.05, 0) is 26.7 Å². The van der Waals surface area contributed by atoms with Crippen molar-refractivity contribution in [3.8, 4) is 0 Å². The van der Waals surface area contributed by atoms with Gasteiger partial charge in [0.25, 0.3) is 0 Å². The normalized spacial score (nSPS) is 22.9. The Morgan fingerprint density at radius 2 is 1.92 bits per heavy atom. The first-order valence-corrected chi connectivity index (χ1v) is 6.22. The van der Waals surface area contributed by atoms with Gasteiger partial charge in [-0.2, -0.15) is 0 Å². The van der Waals surface area contributed by atoms with E-state index in [1.165, 1.54) is 0 Å². The van der Waals surface area contributed by atoms with Crippen LogP contribution < -0.4 is 4.72 Å². The quantitative estimate of drug-likeness (QED) is 0.733. The predicted molar refractivity (Wildman–Crippen MR) is 51.1 cm³/mol. The Hall–Kier alpha value is -0.130. The Morgan fingerprint density at radius 1 is 1.38 bits per heavy atom. The summed E-state index contributed by atoms with van der Waals surface area (Å²) in [5.74, 6) is 0.142. The van der Waals surface area contributed by atoms with Crippen molar-refractivity contribution < 1.29 is 13.2 Å². The summed E-state index contributed by atoms with van der Waals surface area (Å²) in [6, 6.07) is 0. The second kappa shape index (κ2) is 3.94. The van der Waals surface area contributed by atoms with Crippen molar-refractivity contribution in [3.05, 3.63) is 0 Å². The van der Waals surface area contributed by atoms with Crippen LogP contribution in [0.1, 0.15) is 26.7 Å². The van der Waals surface area contributed by atoms with Crippen molar-refractivity contribution in [3.63, 3.8) is 0 Å². The van der Waals surface area contributed by atoms with Gasteiger partial charge < -0.3 is 4.74 Å². The molecule has 0 amide bonds. The number of rotatable bonds is 3. The third-order valence-electron chi connectivity index (χ3n) is 2.38. The van der Waals surface area contributed by atoms with Crippen LogP contribution in [-0.2, 0) is 14.8 Å². The summed E-state index contributed by atoms with van der Waals surface area (Å²) < 4.78 is 30.5. The molecule has 0 unspecified atom stereocenters. The molecule has 0 aromatic rings. The van der Waals surface area contributed by atoms with Crippen LogP contribution in [0, 0.1) is 0 Å². The highest BCUT2D eigenvalue weighted by atomic mass is 32.2. The average Bonchev–Trinajstić information content (AvgIpc) is 2.04. The minimum absolute atomic E-state index is 0.142. The van der Waals surface area contributed by atoms with E-state index < -0.39 is 10.0 Å². The van der Waals surface area contributed by atoms with Crippen molar-refractivity contribution in [2.24, 2.45) is 0 Å². The molecule has 1 rings (SSSR count). The second-order valence-corrected chi connectivity index (χ2v) is 5.69. The molecular weight excluding hydrogens is 190 g/mol. The fourth-order valence-electron chi connectivity index (χ4n) is 1.37. The first-order valence-electron chi connectivity index (χ1n) is 4.57. The minimum atomic E-state index is -3.08. The molecule has 0 saturated carbocycles. The summed E-state index contributed by atoms with van der Waals surface area (Å²) >= 11 is 0. The van der Waals surface area contributed by atoms with Gasteiger partial charge in [-0.3, -0.25) is 0 Å². The summed E-state index contributed by atoms with van der Waals surface area (Å²) in [6.07, 6.45) is 1.51. The van der Waals surface area contributed by atoms with Crippen molar-refractivity contribution in [2.75, 3.05) is 19.0 Å². The van der Waals surface area contributed by atoms with Gasteiger partial charge >= 0.3 is 0 Å². The Labute approximate surface area is 79.7 Å². The number of hydrogen-bond acceptors (Lipinski definition) is 3. The maximum atomic E-state index is 11.3. The lowest BCUT2D eigenvalue weighted by Gasteiger charge is -2.33. The van der Waals surface area contributed by atoms with E-state index >= 15 is 0 Å². The molecule has 0 aliphatic carbocycles. The van der Waals surface area contributed by atoms with E-state index in [-0.39, 0.29) is 11.3 Å². The lowest BCUT2D eigenvalue weighted by molar-refractivity contribution is 0.0538. The zero-order valence-electron chi connectivity index (χ0n) is 8.17. The van der Waals surface area contributed by atoms with Crippen LogP contribution in [0.3, 0.4) is 0 Å². The lowest BCUT2D eigenvalue weighted by atomic mass is 9.94. The molecule has 0 bridgehead atoms. The van der Waals surface area contributed by atoms with Crippen LogP contribution >= 0.6 is 0 Å². The Bertz CT molecular complexity index is 255. The number of ether oxygens (including phenoxy) is 1. The molecule has 1 N–H and O–H groups in total. The molecule has 1 aliphatic heterocycles. The largest absolute Gasteiger partial charge is 0.381 e. The molecule has 5 heteroatoms. The molecule has 0 atom stereocenters. The maximum Gasteiger partial charge on any atom is 0.211 e. The smallest absolute Gasteiger partial charge is 0.211 e. The van der Waals surface area contributed by atoms with E-state index in [9.17, 15) is 8.42 Å². The summed E-state index contributed by atoms with van der Waals surface area (Å²) in [7, 11) is -3.08. The fourth-order valence-corrected chi connectivity index (χ4v) is 2.47. The Balaban J connectivity index is 2.60. The average molecular weight is 207 g/mol. The summed E-state index contributed by atoms with van der Waals surface area (Å²) in [5.41, 5.74) is -0.299. The van der Waals surface area contributed by atoms with Crippen LogP contribution in [0.5, 0.6) is 0 Å². The van der Waals surface area contributed by atoms with Crippen LogP contribution in [0.4, 0.5) is 0 Å². The van der Waals surface area contributed by atoms with Crippen LogP contribution in [0.2, 0.25) is 0 Å². The molecule has 0 radical (unpaired) electrons. The standard InChI is InChI=1S/C8H17NO3S/c1-3-13(10,11)9-8(2)4-6-12-7-5-8/h9H,3-7H2,1-2H3. The van der Waals surface area contributed by atoms with Crippen molar-refractivity contribution in [1.82, 2.24) is 4.72 Å². The molecule has 0 spiro atoms. The summed E-state index contributed by atoms with van der Waals surface area (Å²) in [4.78, 5) is 0. The second-order valence-electron chi connectivity index (χ2n) is 3.68. The number of nitrogens with one attached hydrogen (secondary N) is 1. The molecule has 4 nitrogen and oxygen atoms in total. The third-order valence-corrected chi connectivity index (χ3v) is 3.94. The van der Waals surface area contributed by atoms with E-state index in [1.807, 2.05) is 6.92 Å². The zero-order valence-corrected chi connectivity index (χ0v) is 8.99. The minimum Gasteiger partial charge on any atom is -0.381 e. The van der Waals surface area contributed by atoms with Crippen molar-refractivity contribution >= 4 is 10.0 Å². The fraction of sp³-hybridized carbons (Fsp3) is 1.00. The van der Waals surface area contributed by atoms with Gasteiger partial charge in [-0.15, -0.1) is 0 Å². The van der Waals surface area contributed by atoms with Crippen molar-refractivity contribution in [2.45, 2.75) is 32.2 Å². The molecule has 1 saturated heterocycles. The molecule has 0 aromatic heterocycles. The highest BCUT2D eigenvalue weighted by Gasteiger charge is 2.30. The number of sulfonamides is 1. The summed E-state index contributed by atoms with van der Waals surface area (Å²) in [6.45, 7) is 4.86. The van der Waals surface area contributed by atoms with Crippen LogP contribution in [0.25, 0.3) is 0 Å². The third kappa shape index (κ3) is 3.25. The van der Waals surface area contributed by atoms with Crippen molar-refractivity contribution in [1.29, 1.82) is 0 Å². The van der Waals surface area contributed by atoms with E-state index in [1.54, 1.807) is 6.92 Å². The first kappa shape index (κ1) is 10.9.